The van der Waals surface area contributed by atoms with E-state index in [1.165, 1.54) is 6.07 Å². The van der Waals surface area contributed by atoms with Gasteiger partial charge >= 0.3 is 0 Å². The van der Waals surface area contributed by atoms with Gasteiger partial charge in [-0.15, -0.1) is 0 Å². The molecule has 1 aliphatic heterocycles. The highest BCUT2D eigenvalue weighted by atomic mass is 19.1. The normalized spacial score (nSPS) is 18.0. The first-order valence-corrected chi connectivity index (χ1v) is 6.29. The van der Waals surface area contributed by atoms with Crippen molar-refractivity contribution in [2.45, 2.75) is 25.5 Å². The lowest BCUT2D eigenvalue weighted by molar-refractivity contribution is 0.251. The summed E-state index contributed by atoms with van der Waals surface area (Å²) >= 11 is 0. The number of halogens is 1. The van der Waals surface area contributed by atoms with E-state index in [0.717, 1.165) is 25.9 Å². The molecule has 0 atom stereocenters. The van der Waals surface area contributed by atoms with Gasteiger partial charge in [-0.3, -0.25) is 0 Å². The first-order valence-electron chi connectivity index (χ1n) is 6.29. The zero-order valence-corrected chi connectivity index (χ0v) is 10.9. The van der Waals surface area contributed by atoms with E-state index in [1.807, 2.05) is 11.9 Å². The molecule has 1 aliphatic rings. The summed E-state index contributed by atoms with van der Waals surface area (Å²) in [4.78, 5) is 8.29. The summed E-state index contributed by atoms with van der Waals surface area (Å²) < 4.78 is 14.1. The molecule has 0 amide bonds. The maximum absolute atomic E-state index is 14.1. The SMILES string of the molecule is CN1CCC(N(C)c2nccc(CO)c2F)CC1. The Bertz CT molecular complexity index is 405. The molecule has 1 N–H and O–H groups in total. The van der Waals surface area contributed by atoms with Crippen molar-refractivity contribution in [2.24, 2.45) is 0 Å². The number of aliphatic hydroxyl groups is 1. The number of rotatable bonds is 3. The van der Waals surface area contributed by atoms with Gasteiger partial charge in [-0.05, 0) is 39.0 Å². The van der Waals surface area contributed by atoms with Crippen molar-refractivity contribution in [1.29, 1.82) is 0 Å². The number of pyridine rings is 1. The van der Waals surface area contributed by atoms with E-state index >= 15 is 0 Å². The summed E-state index contributed by atoms with van der Waals surface area (Å²) in [5.41, 5.74) is 0.305. The van der Waals surface area contributed by atoms with E-state index in [2.05, 4.69) is 16.9 Å². The van der Waals surface area contributed by atoms with Gasteiger partial charge in [0.2, 0.25) is 0 Å². The average Bonchev–Trinajstić information content (AvgIpc) is 2.39. The first-order chi connectivity index (χ1) is 8.63. The fraction of sp³-hybridized carbons (Fsp3) is 0.615. The Balaban J connectivity index is 2.15. The summed E-state index contributed by atoms with van der Waals surface area (Å²) in [5, 5.41) is 9.08. The van der Waals surface area contributed by atoms with Crippen molar-refractivity contribution >= 4 is 5.82 Å². The molecule has 0 bridgehead atoms. The van der Waals surface area contributed by atoms with Crippen LogP contribution in [-0.2, 0) is 6.61 Å². The molecule has 0 radical (unpaired) electrons. The van der Waals surface area contributed by atoms with Crippen molar-refractivity contribution in [3.63, 3.8) is 0 Å². The van der Waals surface area contributed by atoms with Crippen LogP contribution in [0.1, 0.15) is 18.4 Å². The molecule has 1 aromatic heterocycles. The molecule has 0 aliphatic carbocycles. The lowest BCUT2D eigenvalue weighted by Crippen LogP contribution is -2.42. The van der Waals surface area contributed by atoms with Gasteiger partial charge < -0.3 is 14.9 Å². The highest BCUT2D eigenvalue weighted by molar-refractivity contribution is 5.43. The molecular formula is C13H20FN3O. The number of anilines is 1. The third kappa shape index (κ3) is 2.62. The maximum atomic E-state index is 14.1. The molecule has 0 unspecified atom stereocenters. The largest absolute Gasteiger partial charge is 0.392 e. The summed E-state index contributed by atoms with van der Waals surface area (Å²) in [6.45, 7) is 1.76. The minimum atomic E-state index is -0.401. The minimum absolute atomic E-state index is 0.289. The van der Waals surface area contributed by atoms with Gasteiger partial charge in [0, 0.05) is 24.8 Å². The Morgan fingerprint density at radius 2 is 2.17 bits per heavy atom. The van der Waals surface area contributed by atoms with Crippen LogP contribution in [0.25, 0.3) is 0 Å². The molecule has 18 heavy (non-hydrogen) atoms. The van der Waals surface area contributed by atoms with Crippen LogP contribution in [0.4, 0.5) is 10.2 Å². The Hall–Kier alpha value is -1.20. The molecule has 2 rings (SSSR count). The van der Waals surface area contributed by atoms with Gasteiger partial charge in [0.25, 0.3) is 0 Å². The second-order valence-electron chi connectivity index (χ2n) is 4.91. The smallest absolute Gasteiger partial charge is 0.171 e. The van der Waals surface area contributed by atoms with Crippen molar-refractivity contribution in [3.8, 4) is 0 Å². The van der Waals surface area contributed by atoms with Gasteiger partial charge in [0.15, 0.2) is 11.6 Å². The Morgan fingerprint density at radius 1 is 1.50 bits per heavy atom. The molecule has 1 fully saturated rings. The van der Waals surface area contributed by atoms with Crippen LogP contribution in [0.5, 0.6) is 0 Å². The molecule has 5 heteroatoms. The third-order valence-electron chi connectivity index (χ3n) is 3.69. The Morgan fingerprint density at radius 3 is 2.78 bits per heavy atom. The number of aromatic nitrogens is 1. The molecule has 0 aromatic carbocycles. The summed E-state index contributed by atoms with van der Waals surface area (Å²) in [7, 11) is 3.98. The first kappa shape index (κ1) is 13.2. The quantitative estimate of drug-likeness (QED) is 0.880. The van der Waals surface area contributed by atoms with Crippen LogP contribution in [0.3, 0.4) is 0 Å². The number of nitrogens with zero attached hydrogens (tertiary/aromatic N) is 3. The molecule has 1 saturated heterocycles. The second-order valence-corrected chi connectivity index (χ2v) is 4.91. The molecular weight excluding hydrogens is 233 g/mol. The van der Waals surface area contributed by atoms with E-state index < -0.39 is 5.82 Å². The average molecular weight is 253 g/mol. The topological polar surface area (TPSA) is 39.6 Å². The molecule has 1 aromatic rings. The number of piperidine rings is 1. The van der Waals surface area contributed by atoms with Crippen LogP contribution >= 0.6 is 0 Å². The number of hydrogen-bond acceptors (Lipinski definition) is 4. The van der Waals surface area contributed by atoms with Crippen LogP contribution in [-0.4, -0.2) is 48.2 Å². The number of hydrogen-bond donors (Lipinski definition) is 1. The van der Waals surface area contributed by atoms with Gasteiger partial charge in [-0.25, -0.2) is 9.37 Å². The maximum Gasteiger partial charge on any atom is 0.171 e. The summed E-state index contributed by atoms with van der Waals surface area (Å²) in [6, 6.07) is 1.83. The molecule has 0 saturated carbocycles. The fourth-order valence-corrected chi connectivity index (χ4v) is 2.39. The molecule has 0 spiro atoms. The van der Waals surface area contributed by atoms with Crippen molar-refractivity contribution < 1.29 is 9.50 Å². The van der Waals surface area contributed by atoms with E-state index in [4.69, 9.17) is 5.11 Å². The van der Waals surface area contributed by atoms with Crippen molar-refractivity contribution in [2.75, 3.05) is 32.1 Å². The zero-order valence-electron chi connectivity index (χ0n) is 10.9. The van der Waals surface area contributed by atoms with Crippen LogP contribution in [0.15, 0.2) is 12.3 Å². The van der Waals surface area contributed by atoms with E-state index in [0.29, 0.717) is 17.4 Å². The van der Waals surface area contributed by atoms with Crippen LogP contribution in [0.2, 0.25) is 0 Å². The highest BCUT2D eigenvalue weighted by Gasteiger charge is 2.24. The van der Waals surface area contributed by atoms with Crippen LogP contribution < -0.4 is 4.90 Å². The molecule has 4 nitrogen and oxygen atoms in total. The van der Waals surface area contributed by atoms with E-state index in [1.54, 1.807) is 6.20 Å². The van der Waals surface area contributed by atoms with Gasteiger partial charge in [0.05, 0.1) is 6.61 Å². The van der Waals surface area contributed by atoms with Crippen molar-refractivity contribution in [1.82, 2.24) is 9.88 Å². The lowest BCUT2D eigenvalue weighted by atomic mass is 10.0. The standard InChI is InChI=1S/C13H20FN3O/c1-16-7-4-11(5-8-16)17(2)13-12(14)10(9-18)3-6-15-13/h3,6,11,18H,4-5,7-9H2,1-2H3. The van der Waals surface area contributed by atoms with E-state index in [9.17, 15) is 4.39 Å². The number of aliphatic hydroxyl groups excluding tert-OH is 1. The number of likely N-dealkylation sites (tertiary alicyclic amines) is 1. The van der Waals surface area contributed by atoms with Crippen molar-refractivity contribution in [3.05, 3.63) is 23.6 Å². The summed E-state index contributed by atoms with van der Waals surface area (Å²) in [5.74, 6) is -0.0578. The van der Waals surface area contributed by atoms with Gasteiger partial charge in [0.1, 0.15) is 0 Å². The zero-order chi connectivity index (χ0) is 13.1. The highest BCUT2D eigenvalue weighted by Crippen LogP contribution is 2.24. The summed E-state index contributed by atoms with van der Waals surface area (Å²) in [6.07, 6.45) is 3.57. The lowest BCUT2D eigenvalue weighted by Gasteiger charge is -2.35. The second kappa shape index (κ2) is 5.63. The third-order valence-corrected chi connectivity index (χ3v) is 3.69. The van der Waals surface area contributed by atoms with Gasteiger partial charge in [-0.1, -0.05) is 0 Å². The van der Waals surface area contributed by atoms with Crippen LogP contribution in [0, 0.1) is 5.82 Å². The van der Waals surface area contributed by atoms with E-state index in [-0.39, 0.29) is 6.61 Å². The fourth-order valence-electron chi connectivity index (χ4n) is 2.39. The predicted molar refractivity (Wildman–Crippen MR) is 69.0 cm³/mol. The predicted octanol–water partition coefficient (Wildman–Crippen LogP) is 1.24. The molecule has 2 heterocycles. The Kier molecular flexibility index (Phi) is 4.14. The Labute approximate surface area is 107 Å². The minimum Gasteiger partial charge on any atom is -0.392 e. The molecule has 100 valence electrons. The monoisotopic (exact) mass is 253 g/mol. The van der Waals surface area contributed by atoms with Gasteiger partial charge in [-0.2, -0.15) is 0 Å².